The second-order valence-corrected chi connectivity index (χ2v) is 7.12. The average Bonchev–Trinajstić information content (AvgIpc) is 2.96. The molecule has 0 aromatic carbocycles. The van der Waals surface area contributed by atoms with E-state index in [1.54, 1.807) is 0 Å². The van der Waals surface area contributed by atoms with E-state index < -0.39 is 33.4 Å². The lowest BCUT2D eigenvalue weighted by atomic mass is 10.2. The highest BCUT2D eigenvalue weighted by Crippen LogP contribution is 2.31. The van der Waals surface area contributed by atoms with Gasteiger partial charge in [0.2, 0.25) is 10.0 Å². The number of ether oxygens (including phenoxy) is 1. The lowest BCUT2D eigenvalue weighted by Gasteiger charge is -2.25. The molecule has 1 saturated carbocycles. The SMILES string of the molecule is COC(=O)C1CC(O)CN1S(=O)(=O)C1CCCC1. The summed E-state index contributed by atoms with van der Waals surface area (Å²) in [6.45, 7) is -0.00139. The number of hydrogen-bond acceptors (Lipinski definition) is 5. The zero-order valence-corrected chi connectivity index (χ0v) is 11.2. The van der Waals surface area contributed by atoms with E-state index in [4.69, 9.17) is 0 Å². The molecule has 0 amide bonds. The molecule has 2 fully saturated rings. The van der Waals surface area contributed by atoms with E-state index in [-0.39, 0.29) is 13.0 Å². The van der Waals surface area contributed by atoms with Crippen LogP contribution in [0.1, 0.15) is 32.1 Å². The van der Waals surface area contributed by atoms with E-state index in [0.717, 1.165) is 17.1 Å². The first kappa shape index (κ1) is 13.8. The summed E-state index contributed by atoms with van der Waals surface area (Å²) in [5, 5.41) is 9.20. The van der Waals surface area contributed by atoms with Crippen LogP contribution >= 0.6 is 0 Å². The Bertz CT molecular complexity index is 415. The number of β-amino-alcohol motifs (C(OH)–C–C–N with tert-alkyl or cyclic N) is 1. The predicted octanol–water partition coefficient (Wildman–Crippen LogP) is -0.133. The minimum absolute atomic E-state index is 0.00139. The normalized spacial score (nSPS) is 30.8. The molecular formula is C11H19NO5S. The molecule has 0 aromatic heterocycles. The summed E-state index contributed by atoms with van der Waals surface area (Å²) in [5.74, 6) is -0.590. The molecule has 2 unspecified atom stereocenters. The van der Waals surface area contributed by atoms with E-state index >= 15 is 0 Å². The van der Waals surface area contributed by atoms with Crippen LogP contribution in [0.3, 0.4) is 0 Å². The van der Waals surface area contributed by atoms with Crippen molar-refractivity contribution < 1.29 is 23.1 Å². The molecule has 2 rings (SSSR count). The minimum Gasteiger partial charge on any atom is -0.468 e. The largest absolute Gasteiger partial charge is 0.468 e. The fraction of sp³-hybridized carbons (Fsp3) is 0.909. The number of methoxy groups -OCH3 is 1. The van der Waals surface area contributed by atoms with Crippen molar-refractivity contribution in [1.29, 1.82) is 0 Å². The lowest BCUT2D eigenvalue weighted by molar-refractivity contribution is -0.144. The first-order chi connectivity index (χ1) is 8.46. The summed E-state index contributed by atoms with van der Waals surface area (Å²) in [4.78, 5) is 11.6. The van der Waals surface area contributed by atoms with E-state index in [1.807, 2.05) is 0 Å². The van der Waals surface area contributed by atoms with Crippen LogP contribution in [0.5, 0.6) is 0 Å². The number of nitrogens with zero attached hydrogens (tertiary/aromatic N) is 1. The highest BCUT2D eigenvalue weighted by molar-refractivity contribution is 7.89. The van der Waals surface area contributed by atoms with Crippen molar-refractivity contribution >= 4 is 16.0 Å². The molecule has 1 aliphatic carbocycles. The smallest absolute Gasteiger partial charge is 0.324 e. The van der Waals surface area contributed by atoms with E-state index in [9.17, 15) is 18.3 Å². The van der Waals surface area contributed by atoms with Gasteiger partial charge in [-0.2, -0.15) is 4.31 Å². The number of aliphatic hydroxyl groups is 1. The van der Waals surface area contributed by atoms with Crippen molar-refractivity contribution in [3.8, 4) is 0 Å². The molecule has 0 spiro atoms. The maximum absolute atomic E-state index is 12.4. The van der Waals surface area contributed by atoms with Crippen LogP contribution in [0.2, 0.25) is 0 Å². The van der Waals surface area contributed by atoms with Gasteiger partial charge < -0.3 is 9.84 Å². The molecule has 1 N–H and O–H groups in total. The Morgan fingerprint density at radius 2 is 1.94 bits per heavy atom. The van der Waals surface area contributed by atoms with Crippen LogP contribution < -0.4 is 0 Å². The first-order valence-corrected chi connectivity index (χ1v) is 7.73. The van der Waals surface area contributed by atoms with Gasteiger partial charge in [0.1, 0.15) is 6.04 Å². The van der Waals surface area contributed by atoms with Gasteiger partial charge in [-0.1, -0.05) is 12.8 Å². The van der Waals surface area contributed by atoms with Crippen molar-refractivity contribution in [2.75, 3.05) is 13.7 Å². The Morgan fingerprint density at radius 3 is 2.50 bits per heavy atom. The van der Waals surface area contributed by atoms with E-state index in [0.29, 0.717) is 12.8 Å². The summed E-state index contributed by atoms with van der Waals surface area (Å²) >= 11 is 0. The monoisotopic (exact) mass is 277 g/mol. The van der Waals surface area contributed by atoms with Gasteiger partial charge in [0.15, 0.2) is 0 Å². The fourth-order valence-electron chi connectivity index (χ4n) is 2.79. The molecular weight excluding hydrogens is 258 g/mol. The Labute approximate surface area is 107 Å². The number of hydrogen-bond donors (Lipinski definition) is 1. The molecule has 2 aliphatic rings. The maximum atomic E-state index is 12.4. The molecule has 1 heterocycles. The molecule has 104 valence electrons. The molecule has 1 aliphatic heterocycles. The third-order valence-electron chi connectivity index (χ3n) is 3.76. The van der Waals surface area contributed by atoms with Crippen LogP contribution in [0.4, 0.5) is 0 Å². The Hall–Kier alpha value is -0.660. The fourth-order valence-corrected chi connectivity index (χ4v) is 5.01. The van der Waals surface area contributed by atoms with Crippen molar-refractivity contribution in [3.63, 3.8) is 0 Å². The summed E-state index contributed by atoms with van der Waals surface area (Å²) in [6.07, 6.45) is 2.43. The molecule has 0 bridgehead atoms. The van der Waals surface area contributed by atoms with Gasteiger partial charge >= 0.3 is 5.97 Å². The van der Waals surface area contributed by atoms with Gasteiger partial charge in [0.05, 0.1) is 18.5 Å². The molecule has 18 heavy (non-hydrogen) atoms. The standard InChI is InChI=1S/C11H19NO5S/c1-17-11(14)10-6-8(13)7-12(10)18(15,16)9-4-2-3-5-9/h8-10,13H,2-7H2,1H3. The third kappa shape index (κ3) is 2.39. The van der Waals surface area contributed by atoms with Crippen molar-refractivity contribution in [2.24, 2.45) is 0 Å². The molecule has 0 aromatic rings. The van der Waals surface area contributed by atoms with Crippen LogP contribution in [-0.2, 0) is 19.6 Å². The number of esters is 1. The zero-order chi connectivity index (χ0) is 13.3. The van der Waals surface area contributed by atoms with Gasteiger partial charge in [-0.25, -0.2) is 8.42 Å². The highest BCUT2D eigenvalue weighted by atomic mass is 32.2. The van der Waals surface area contributed by atoms with Gasteiger partial charge in [0, 0.05) is 13.0 Å². The van der Waals surface area contributed by atoms with Crippen LogP contribution in [0, 0.1) is 0 Å². The Kier molecular flexibility index (Phi) is 3.93. The van der Waals surface area contributed by atoms with Crippen LogP contribution in [-0.4, -0.2) is 54.8 Å². The summed E-state index contributed by atoms with van der Waals surface area (Å²) in [6, 6.07) is -0.865. The zero-order valence-electron chi connectivity index (χ0n) is 10.4. The lowest BCUT2D eigenvalue weighted by Crippen LogP contribution is -2.45. The number of carbonyl (C=O) groups is 1. The van der Waals surface area contributed by atoms with E-state index in [2.05, 4.69) is 4.74 Å². The van der Waals surface area contributed by atoms with Crippen molar-refractivity contribution in [1.82, 2.24) is 4.31 Å². The topological polar surface area (TPSA) is 83.9 Å². The number of carbonyl (C=O) groups excluding carboxylic acids is 1. The quantitative estimate of drug-likeness (QED) is 0.726. The average molecular weight is 277 g/mol. The van der Waals surface area contributed by atoms with Crippen LogP contribution in [0.15, 0.2) is 0 Å². The van der Waals surface area contributed by atoms with Crippen LogP contribution in [0.25, 0.3) is 0 Å². The summed E-state index contributed by atoms with van der Waals surface area (Å²) in [7, 11) is -2.27. The molecule has 0 radical (unpaired) electrons. The first-order valence-electron chi connectivity index (χ1n) is 6.23. The Morgan fingerprint density at radius 1 is 1.33 bits per heavy atom. The minimum atomic E-state index is -3.50. The van der Waals surface area contributed by atoms with Crippen molar-refractivity contribution in [3.05, 3.63) is 0 Å². The maximum Gasteiger partial charge on any atom is 0.324 e. The van der Waals surface area contributed by atoms with Gasteiger partial charge in [0.25, 0.3) is 0 Å². The predicted molar refractivity (Wildman–Crippen MR) is 64.3 cm³/mol. The molecule has 7 heteroatoms. The Balaban J connectivity index is 2.21. The second-order valence-electron chi connectivity index (χ2n) is 4.95. The number of rotatable bonds is 3. The van der Waals surface area contributed by atoms with Gasteiger partial charge in [-0.3, -0.25) is 4.79 Å². The molecule has 1 saturated heterocycles. The number of aliphatic hydroxyl groups excluding tert-OH is 1. The van der Waals surface area contributed by atoms with E-state index in [1.165, 1.54) is 7.11 Å². The highest BCUT2D eigenvalue weighted by Gasteiger charge is 2.46. The summed E-state index contributed by atoms with van der Waals surface area (Å²) in [5.41, 5.74) is 0. The molecule has 2 atom stereocenters. The summed E-state index contributed by atoms with van der Waals surface area (Å²) < 4.78 is 30.6. The van der Waals surface area contributed by atoms with Gasteiger partial charge in [-0.15, -0.1) is 0 Å². The van der Waals surface area contributed by atoms with Gasteiger partial charge in [-0.05, 0) is 12.8 Å². The molecule has 6 nitrogen and oxygen atoms in total. The second kappa shape index (κ2) is 5.14. The third-order valence-corrected chi connectivity index (χ3v) is 6.13. The number of sulfonamides is 1. The van der Waals surface area contributed by atoms with Crippen molar-refractivity contribution in [2.45, 2.75) is 49.5 Å².